The van der Waals surface area contributed by atoms with Gasteiger partial charge in [-0.1, -0.05) is 17.8 Å². The molecular formula is C13H10F2N2O2S2. The van der Waals surface area contributed by atoms with Crippen molar-refractivity contribution in [2.45, 2.75) is 11.0 Å². The van der Waals surface area contributed by atoms with E-state index in [-0.39, 0.29) is 11.3 Å². The van der Waals surface area contributed by atoms with Crippen molar-refractivity contribution in [3.8, 4) is 0 Å². The molecule has 1 N–H and O–H groups in total. The first-order valence-corrected chi connectivity index (χ1v) is 7.13. The topological polar surface area (TPSA) is 55.0 Å². The highest BCUT2D eigenvalue weighted by Gasteiger charge is 2.09. The monoisotopic (exact) mass is 328 g/mol. The minimum atomic E-state index is -0.547. The fraction of sp³-hybridized carbons (Fsp3) is 0.0769. The maximum Gasteiger partial charge on any atom is 0.265 e. The van der Waals surface area contributed by atoms with Crippen molar-refractivity contribution >= 4 is 24.0 Å². The zero-order chi connectivity index (χ0) is 15.1. The number of hydrogen-bond acceptors (Lipinski definition) is 5. The van der Waals surface area contributed by atoms with Gasteiger partial charge in [0.2, 0.25) is 0 Å². The van der Waals surface area contributed by atoms with E-state index in [1.54, 1.807) is 6.20 Å². The zero-order valence-electron chi connectivity index (χ0n) is 10.6. The predicted octanol–water partition coefficient (Wildman–Crippen LogP) is 4.58. The molecule has 21 heavy (non-hydrogen) atoms. The molecule has 2 aromatic heterocycles. The van der Waals surface area contributed by atoms with Crippen LogP contribution in [0, 0.1) is 16.5 Å². The van der Waals surface area contributed by atoms with Crippen molar-refractivity contribution in [1.82, 2.24) is 9.97 Å². The standard InChI is InChI=1S/C10H7F2NOS.C3H3NOS/c11-8-2-1-3-9(12)7(8)6-15-10-13-4-5-14-10;6-3-4-1-2-5-3/h1-5H,6H2;1-2H,(H,4,6). The van der Waals surface area contributed by atoms with E-state index in [2.05, 4.69) is 26.6 Å². The van der Waals surface area contributed by atoms with Crippen LogP contribution in [0.15, 0.2) is 57.2 Å². The minimum Gasteiger partial charge on any atom is -0.440 e. The van der Waals surface area contributed by atoms with Gasteiger partial charge in [-0.2, -0.15) is 0 Å². The number of nitrogens with one attached hydrogen (secondary N) is 1. The Labute approximate surface area is 128 Å². The van der Waals surface area contributed by atoms with E-state index in [9.17, 15) is 8.78 Å². The Morgan fingerprint density at radius 3 is 2.43 bits per heavy atom. The summed E-state index contributed by atoms with van der Waals surface area (Å²) < 4.78 is 35.9. The first-order valence-electron chi connectivity index (χ1n) is 5.74. The molecule has 0 atom stereocenters. The molecule has 3 aromatic rings. The first kappa shape index (κ1) is 15.5. The van der Waals surface area contributed by atoms with Crippen LogP contribution >= 0.6 is 24.0 Å². The summed E-state index contributed by atoms with van der Waals surface area (Å²) in [5, 5.41) is 0.401. The van der Waals surface area contributed by atoms with Gasteiger partial charge in [0.25, 0.3) is 10.1 Å². The summed E-state index contributed by atoms with van der Waals surface area (Å²) in [5.41, 5.74) is 0.0423. The van der Waals surface area contributed by atoms with E-state index in [4.69, 9.17) is 4.42 Å². The van der Waals surface area contributed by atoms with Crippen LogP contribution in [0.25, 0.3) is 0 Å². The summed E-state index contributed by atoms with van der Waals surface area (Å²) in [6.45, 7) is 0. The van der Waals surface area contributed by atoms with Gasteiger partial charge < -0.3 is 13.8 Å². The van der Waals surface area contributed by atoms with E-state index in [1.807, 2.05) is 0 Å². The molecule has 3 rings (SSSR count). The molecule has 0 aliphatic rings. The average molecular weight is 328 g/mol. The van der Waals surface area contributed by atoms with Crippen LogP contribution in [0.5, 0.6) is 0 Å². The second kappa shape index (κ2) is 7.75. The van der Waals surface area contributed by atoms with E-state index in [0.29, 0.717) is 10.1 Å². The normalized spacial score (nSPS) is 10.0. The summed E-state index contributed by atoms with van der Waals surface area (Å²) in [4.78, 5) is 6.92. The molecule has 0 aliphatic heterocycles. The van der Waals surface area contributed by atoms with Gasteiger partial charge in [-0.15, -0.1) is 0 Å². The van der Waals surface area contributed by atoms with Crippen molar-refractivity contribution in [3.63, 3.8) is 0 Å². The van der Waals surface area contributed by atoms with Crippen molar-refractivity contribution in [2.24, 2.45) is 0 Å². The lowest BCUT2D eigenvalue weighted by atomic mass is 10.2. The Balaban J connectivity index is 0.000000225. The third-order valence-corrected chi connectivity index (χ3v) is 3.35. The van der Waals surface area contributed by atoms with Gasteiger partial charge in [-0.05, 0) is 24.4 Å². The van der Waals surface area contributed by atoms with Gasteiger partial charge in [0, 0.05) is 17.5 Å². The molecule has 0 fully saturated rings. The highest BCUT2D eigenvalue weighted by atomic mass is 32.2. The summed E-state index contributed by atoms with van der Waals surface area (Å²) in [7, 11) is 0. The van der Waals surface area contributed by atoms with E-state index in [0.717, 1.165) is 11.8 Å². The molecule has 4 nitrogen and oxygen atoms in total. The number of oxazole rings is 2. The summed E-state index contributed by atoms with van der Waals surface area (Å²) in [6.07, 6.45) is 6.05. The number of H-pyrrole nitrogens is 1. The Morgan fingerprint density at radius 2 is 1.95 bits per heavy atom. The lowest BCUT2D eigenvalue weighted by Crippen LogP contribution is -1.92. The Hall–Kier alpha value is -1.93. The quantitative estimate of drug-likeness (QED) is 0.563. The first-order chi connectivity index (χ1) is 10.2. The summed E-state index contributed by atoms with van der Waals surface area (Å²) in [6, 6.07) is 3.80. The fourth-order valence-electron chi connectivity index (χ4n) is 1.32. The maximum absolute atomic E-state index is 13.2. The molecule has 0 bridgehead atoms. The summed E-state index contributed by atoms with van der Waals surface area (Å²) >= 11 is 5.67. The lowest BCUT2D eigenvalue weighted by Gasteiger charge is -2.01. The lowest BCUT2D eigenvalue weighted by molar-refractivity contribution is 0.454. The van der Waals surface area contributed by atoms with E-state index >= 15 is 0 Å². The number of aromatic nitrogens is 2. The van der Waals surface area contributed by atoms with Crippen molar-refractivity contribution < 1.29 is 17.6 Å². The molecule has 0 aliphatic carbocycles. The number of nitrogens with zero attached hydrogens (tertiary/aromatic N) is 1. The molecule has 0 saturated heterocycles. The van der Waals surface area contributed by atoms with Gasteiger partial charge in [-0.25, -0.2) is 13.8 Å². The molecule has 1 aromatic carbocycles. The second-order valence-corrected chi connectivity index (χ2v) is 4.94. The van der Waals surface area contributed by atoms with Crippen LogP contribution in [0.1, 0.15) is 5.56 Å². The Kier molecular flexibility index (Phi) is 5.70. The highest BCUT2D eigenvalue weighted by Crippen LogP contribution is 2.24. The number of aromatic amines is 1. The molecular weight excluding hydrogens is 318 g/mol. The van der Waals surface area contributed by atoms with Crippen molar-refractivity contribution in [2.75, 3.05) is 0 Å². The third kappa shape index (κ3) is 4.83. The van der Waals surface area contributed by atoms with Crippen LogP contribution in [-0.4, -0.2) is 9.97 Å². The van der Waals surface area contributed by atoms with Gasteiger partial charge in [-0.3, -0.25) is 0 Å². The minimum absolute atomic E-state index is 0.0423. The van der Waals surface area contributed by atoms with Crippen LogP contribution in [0.4, 0.5) is 8.78 Å². The maximum atomic E-state index is 13.2. The molecule has 8 heteroatoms. The predicted molar refractivity (Wildman–Crippen MR) is 76.3 cm³/mol. The molecule has 0 radical (unpaired) electrons. The van der Waals surface area contributed by atoms with Crippen molar-refractivity contribution in [1.29, 1.82) is 0 Å². The van der Waals surface area contributed by atoms with Gasteiger partial charge >= 0.3 is 0 Å². The largest absolute Gasteiger partial charge is 0.440 e. The number of benzene rings is 1. The Bertz CT molecular complexity index is 689. The molecule has 0 saturated carbocycles. The molecule has 0 unspecified atom stereocenters. The fourth-order valence-corrected chi connectivity index (χ4v) is 2.24. The number of rotatable bonds is 3. The molecule has 0 amide bonds. The summed E-state index contributed by atoms with van der Waals surface area (Å²) in [5.74, 6) is -0.929. The van der Waals surface area contributed by atoms with Crippen LogP contribution in [0.3, 0.4) is 0 Å². The smallest absolute Gasteiger partial charge is 0.265 e. The average Bonchev–Trinajstić information content (AvgIpc) is 3.12. The van der Waals surface area contributed by atoms with Crippen LogP contribution in [0.2, 0.25) is 0 Å². The van der Waals surface area contributed by atoms with Gasteiger partial charge in [0.05, 0.1) is 6.20 Å². The van der Waals surface area contributed by atoms with E-state index < -0.39 is 11.6 Å². The number of hydrogen-bond donors (Lipinski definition) is 1. The molecule has 110 valence electrons. The van der Waals surface area contributed by atoms with Gasteiger partial charge in [0.1, 0.15) is 24.2 Å². The number of thioether (sulfide) groups is 1. The van der Waals surface area contributed by atoms with E-state index in [1.165, 1.54) is 36.9 Å². The highest BCUT2D eigenvalue weighted by molar-refractivity contribution is 7.98. The Morgan fingerprint density at radius 1 is 1.19 bits per heavy atom. The molecule has 2 heterocycles. The molecule has 0 spiro atoms. The second-order valence-electron chi connectivity index (χ2n) is 3.64. The van der Waals surface area contributed by atoms with Crippen LogP contribution < -0.4 is 0 Å². The third-order valence-electron chi connectivity index (χ3n) is 2.26. The SMILES string of the molecule is Fc1cccc(F)c1CSc1ncco1.S=c1[nH]cco1. The van der Waals surface area contributed by atoms with Crippen molar-refractivity contribution in [3.05, 3.63) is 65.2 Å². The van der Waals surface area contributed by atoms with Gasteiger partial charge in [0.15, 0.2) is 0 Å². The van der Waals surface area contributed by atoms with Crippen LogP contribution in [-0.2, 0) is 5.75 Å². The number of halogens is 2. The zero-order valence-corrected chi connectivity index (χ0v) is 12.2.